The molecule has 0 fully saturated rings. The van der Waals surface area contributed by atoms with Gasteiger partial charge in [-0.05, 0) is 43.7 Å². The maximum absolute atomic E-state index is 13.5. The number of amides is 2. The third kappa shape index (κ3) is 4.97. The molecule has 0 saturated heterocycles. The predicted octanol–water partition coefficient (Wildman–Crippen LogP) is 5.26. The van der Waals surface area contributed by atoms with Gasteiger partial charge in [-0.15, -0.1) is 0 Å². The van der Waals surface area contributed by atoms with Crippen molar-refractivity contribution in [3.05, 3.63) is 57.6 Å². The molecule has 11 heteroatoms. The molecule has 2 amide bonds. The van der Waals surface area contributed by atoms with Crippen LogP contribution in [0.2, 0.25) is 10.0 Å². The Kier molecular flexibility index (Phi) is 7.23. The van der Waals surface area contributed by atoms with Gasteiger partial charge >= 0.3 is 18.2 Å². The number of anilines is 2. The highest BCUT2D eigenvalue weighted by atomic mass is 35.5. The summed E-state index contributed by atoms with van der Waals surface area (Å²) in [7, 11) is 0. The lowest BCUT2D eigenvalue weighted by Gasteiger charge is -2.29. The van der Waals surface area contributed by atoms with Gasteiger partial charge in [0.1, 0.15) is 0 Å². The summed E-state index contributed by atoms with van der Waals surface area (Å²) in [5.41, 5.74) is -3.91. The second-order valence-electron chi connectivity index (χ2n) is 6.17. The van der Waals surface area contributed by atoms with Gasteiger partial charge in [-0.2, -0.15) is 13.2 Å². The molecule has 2 aromatic carbocycles. The average molecular weight is 465 g/mol. The molecule has 0 heterocycles. The molecule has 6 nitrogen and oxygen atoms in total. The van der Waals surface area contributed by atoms with Gasteiger partial charge < -0.3 is 20.5 Å². The summed E-state index contributed by atoms with van der Waals surface area (Å²) in [6.07, 6.45) is -5.31. The second kappa shape index (κ2) is 9.11. The van der Waals surface area contributed by atoms with E-state index in [1.165, 1.54) is 32.0 Å². The molecule has 0 saturated carbocycles. The molecule has 0 bridgehead atoms. The van der Waals surface area contributed by atoms with E-state index < -0.39 is 29.3 Å². The highest BCUT2D eigenvalue weighted by Gasteiger charge is 2.62. The molecular formula is C19H17Cl2F3N2O4. The number of ether oxygens (including phenoxy) is 1. The SMILES string of the molecule is CCOC(=O)C(O)(c1ccc(NC(=O)Nc2ccc(Cl)c(Cl)c2)c(C)c1)C(F)(F)F. The van der Waals surface area contributed by atoms with Gasteiger partial charge in [0.2, 0.25) is 0 Å². The second-order valence-corrected chi connectivity index (χ2v) is 6.98. The van der Waals surface area contributed by atoms with Crippen LogP contribution in [0.3, 0.4) is 0 Å². The minimum absolute atomic E-state index is 0.157. The molecule has 0 aliphatic carbocycles. The largest absolute Gasteiger partial charge is 0.463 e. The van der Waals surface area contributed by atoms with Crippen molar-refractivity contribution < 1.29 is 32.6 Å². The fourth-order valence-electron chi connectivity index (χ4n) is 2.52. The Labute approximate surface area is 179 Å². The van der Waals surface area contributed by atoms with Crippen molar-refractivity contribution in [2.24, 2.45) is 0 Å². The number of nitrogens with one attached hydrogen (secondary N) is 2. The summed E-state index contributed by atoms with van der Waals surface area (Å²) in [5, 5.41) is 15.6. The first kappa shape index (κ1) is 23.8. The van der Waals surface area contributed by atoms with E-state index in [1.54, 1.807) is 0 Å². The van der Waals surface area contributed by atoms with Gasteiger partial charge in [0.05, 0.1) is 16.7 Å². The zero-order valence-corrected chi connectivity index (χ0v) is 17.2. The van der Waals surface area contributed by atoms with Crippen molar-refractivity contribution >= 4 is 46.6 Å². The summed E-state index contributed by atoms with van der Waals surface area (Å²) in [6.45, 7) is 2.38. The molecule has 0 spiro atoms. The van der Waals surface area contributed by atoms with Crippen molar-refractivity contribution in [1.29, 1.82) is 0 Å². The van der Waals surface area contributed by atoms with E-state index >= 15 is 0 Å². The molecule has 0 aliphatic rings. The van der Waals surface area contributed by atoms with Crippen LogP contribution in [0.25, 0.3) is 0 Å². The Hall–Kier alpha value is -2.49. The number of urea groups is 1. The number of alkyl halides is 3. The van der Waals surface area contributed by atoms with Gasteiger partial charge in [-0.1, -0.05) is 35.3 Å². The van der Waals surface area contributed by atoms with E-state index in [9.17, 15) is 27.9 Å². The number of esters is 1. The van der Waals surface area contributed by atoms with Crippen LogP contribution in [0.15, 0.2) is 36.4 Å². The summed E-state index contributed by atoms with van der Waals surface area (Å²) in [5.74, 6) is -1.84. The molecule has 30 heavy (non-hydrogen) atoms. The maximum Gasteiger partial charge on any atom is 0.432 e. The first-order valence-electron chi connectivity index (χ1n) is 8.50. The molecule has 3 N–H and O–H groups in total. The van der Waals surface area contributed by atoms with E-state index in [1.807, 2.05) is 0 Å². The van der Waals surface area contributed by atoms with Crippen LogP contribution < -0.4 is 10.6 Å². The van der Waals surface area contributed by atoms with Crippen molar-refractivity contribution in [2.75, 3.05) is 17.2 Å². The predicted molar refractivity (Wildman–Crippen MR) is 107 cm³/mol. The van der Waals surface area contributed by atoms with Crippen LogP contribution in [-0.4, -0.2) is 29.9 Å². The Morgan fingerprint density at radius 3 is 2.27 bits per heavy atom. The molecule has 0 radical (unpaired) electrons. The van der Waals surface area contributed by atoms with Crippen molar-refractivity contribution in [3.63, 3.8) is 0 Å². The monoisotopic (exact) mass is 464 g/mol. The highest BCUT2D eigenvalue weighted by Crippen LogP contribution is 2.41. The lowest BCUT2D eigenvalue weighted by molar-refractivity contribution is -0.267. The van der Waals surface area contributed by atoms with E-state index in [4.69, 9.17) is 23.2 Å². The van der Waals surface area contributed by atoms with Crippen LogP contribution in [-0.2, 0) is 15.1 Å². The minimum atomic E-state index is -5.31. The summed E-state index contributed by atoms with van der Waals surface area (Å²) >= 11 is 11.7. The molecule has 1 atom stereocenters. The quantitative estimate of drug-likeness (QED) is 0.526. The minimum Gasteiger partial charge on any atom is -0.463 e. The van der Waals surface area contributed by atoms with E-state index in [2.05, 4.69) is 15.4 Å². The van der Waals surface area contributed by atoms with Crippen LogP contribution in [0.1, 0.15) is 18.1 Å². The van der Waals surface area contributed by atoms with Crippen LogP contribution >= 0.6 is 23.2 Å². The normalized spacial score (nSPS) is 13.3. The number of rotatable bonds is 5. The summed E-state index contributed by atoms with van der Waals surface area (Å²) in [4.78, 5) is 24.0. The standard InChI is InChI=1S/C19H17Cl2F3N2O4/c1-3-30-16(27)18(29,19(22,23)24)11-4-7-15(10(2)8-11)26-17(28)25-12-5-6-13(20)14(21)9-12/h4-9,29H,3H2,1-2H3,(H2,25,26,28). The lowest BCUT2D eigenvalue weighted by atomic mass is 9.91. The number of carbonyl (C=O) groups excluding carboxylic acids is 2. The number of carbonyl (C=O) groups is 2. The average Bonchev–Trinajstić information content (AvgIpc) is 2.65. The number of aliphatic hydroxyl groups is 1. The summed E-state index contributed by atoms with van der Waals surface area (Å²) in [6, 6.07) is 6.67. The fraction of sp³-hybridized carbons (Fsp3) is 0.263. The first-order chi connectivity index (χ1) is 13.9. The summed E-state index contributed by atoms with van der Waals surface area (Å²) < 4.78 is 44.8. The smallest absolute Gasteiger partial charge is 0.432 e. The molecule has 0 aliphatic heterocycles. The number of hydrogen-bond acceptors (Lipinski definition) is 4. The third-order valence-electron chi connectivity index (χ3n) is 4.05. The number of benzene rings is 2. The fourth-order valence-corrected chi connectivity index (χ4v) is 2.82. The van der Waals surface area contributed by atoms with Gasteiger partial charge in [0.15, 0.2) is 0 Å². The van der Waals surface area contributed by atoms with Crippen LogP contribution in [0.4, 0.5) is 29.3 Å². The van der Waals surface area contributed by atoms with Gasteiger partial charge in [-0.3, -0.25) is 0 Å². The van der Waals surface area contributed by atoms with Gasteiger partial charge in [-0.25, -0.2) is 9.59 Å². The Morgan fingerprint density at radius 2 is 1.73 bits per heavy atom. The molecular weight excluding hydrogens is 448 g/mol. The van der Waals surface area contributed by atoms with E-state index in [0.29, 0.717) is 10.7 Å². The lowest BCUT2D eigenvalue weighted by Crippen LogP contribution is -2.50. The molecule has 2 rings (SSSR count). The van der Waals surface area contributed by atoms with Crippen molar-refractivity contribution in [3.8, 4) is 0 Å². The van der Waals surface area contributed by atoms with Crippen molar-refractivity contribution in [1.82, 2.24) is 0 Å². The first-order valence-corrected chi connectivity index (χ1v) is 9.26. The molecule has 162 valence electrons. The van der Waals surface area contributed by atoms with E-state index in [-0.39, 0.29) is 22.9 Å². The third-order valence-corrected chi connectivity index (χ3v) is 4.79. The van der Waals surface area contributed by atoms with Crippen LogP contribution in [0, 0.1) is 6.92 Å². The maximum atomic E-state index is 13.5. The Bertz CT molecular complexity index is 969. The number of halogens is 5. The number of aryl methyl sites for hydroxylation is 1. The topological polar surface area (TPSA) is 87.7 Å². The zero-order valence-electron chi connectivity index (χ0n) is 15.7. The van der Waals surface area contributed by atoms with Crippen molar-refractivity contribution in [2.45, 2.75) is 25.6 Å². The highest BCUT2D eigenvalue weighted by molar-refractivity contribution is 6.42. The van der Waals surface area contributed by atoms with Gasteiger partial charge in [0.25, 0.3) is 5.60 Å². The van der Waals surface area contributed by atoms with E-state index in [0.717, 1.165) is 18.2 Å². The zero-order chi connectivity index (χ0) is 22.7. The number of hydrogen-bond donors (Lipinski definition) is 3. The molecule has 2 aromatic rings. The Balaban J connectivity index is 2.26. The molecule has 1 unspecified atom stereocenters. The van der Waals surface area contributed by atoms with Crippen LogP contribution in [0.5, 0.6) is 0 Å². The Morgan fingerprint density at radius 1 is 1.07 bits per heavy atom. The van der Waals surface area contributed by atoms with Gasteiger partial charge in [0, 0.05) is 16.9 Å². The molecule has 0 aromatic heterocycles.